The Bertz CT molecular complexity index is 474. The molecule has 2 heterocycles. The Kier molecular flexibility index (Phi) is 2.76. The van der Waals surface area contributed by atoms with Crippen molar-refractivity contribution in [3.05, 3.63) is 24.3 Å². The van der Waals surface area contributed by atoms with E-state index in [0.717, 1.165) is 18.9 Å². The van der Waals surface area contributed by atoms with Crippen molar-refractivity contribution >= 4 is 27.4 Å². The number of piperidine rings is 1. The van der Waals surface area contributed by atoms with Crippen LogP contribution in [0.5, 0.6) is 0 Å². The van der Waals surface area contributed by atoms with Crippen LogP contribution in [0.25, 0.3) is 10.1 Å². The third-order valence-electron chi connectivity index (χ3n) is 3.02. The second kappa shape index (κ2) is 4.39. The SMILES string of the molecule is c1ccc2c(NC3CCCNC3)nsc2c1. The summed E-state index contributed by atoms with van der Waals surface area (Å²) in [6.45, 7) is 2.20. The van der Waals surface area contributed by atoms with Crippen molar-refractivity contribution in [1.82, 2.24) is 9.69 Å². The molecule has 1 aliphatic rings. The number of rotatable bonds is 2. The molecule has 1 fully saturated rings. The average molecular weight is 233 g/mol. The zero-order valence-electron chi connectivity index (χ0n) is 9.07. The molecule has 3 nitrogen and oxygen atoms in total. The topological polar surface area (TPSA) is 37.0 Å². The van der Waals surface area contributed by atoms with Crippen molar-refractivity contribution in [1.29, 1.82) is 0 Å². The molecule has 1 aliphatic heterocycles. The van der Waals surface area contributed by atoms with E-state index >= 15 is 0 Å². The van der Waals surface area contributed by atoms with Gasteiger partial charge in [0.25, 0.3) is 0 Å². The van der Waals surface area contributed by atoms with E-state index in [4.69, 9.17) is 0 Å². The van der Waals surface area contributed by atoms with Crippen LogP contribution in [0.1, 0.15) is 12.8 Å². The van der Waals surface area contributed by atoms with E-state index in [2.05, 4.69) is 39.3 Å². The molecule has 3 rings (SSSR count). The van der Waals surface area contributed by atoms with Gasteiger partial charge in [-0.3, -0.25) is 0 Å². The van der Waals surface area contributed by atoms with Gasteiger partial charge in [0, 0.05) is 18.0 Å². The molecule has 0 amide bonds. The minimum Gasteiger partial charge on any atom is -0.365 e. The highest BCUT2D eigenvalue weighted by atomic mass is 32.1. The zero-order chi connectivity index (χ0) is 10.8. The van der Waals surface area contributed by atoms with E-state index in [9.17, 15) is 0 Å². The van der Waals surface area contributed by atoms with Crippen LogP contribution in [0.3, 0.4) is 0 Å². The first-order valence-corrected chi connectivity index (χ1v) is 6.52. The van der Waals surface area contributed by atoms with E-state index in [1.807, 2.05) is 0 Å². The Hall–Kier alpha value is -1.13. The number of anilines is 1. The molecule has 0 spiro atoms. The van der Waals surface area contributed by atoms with Gasteiger partial charge in [0.1, 0.15) is 5.82 Å². The van der Waals surface area contributed by atoms with Crippen LogP contribution in [0.15, 0.2) is 24.3 Å². The third kappa shape index (κ3) is 1.90. The Balaban J connectivity index is 1.83. The van der Waals surface area contributed by atoms with Crippen LogP contribution in [0.2, 0.25) is 0 Å². The normalized spacial score (nSPS) is 21.1. The van der Waals surface area contributed by atoms with Crippen molar-refractivity contribution in [2.45, 2.75) is 18.9 Å². The Morgan fingerprint density at radius 1 is 1.38 bits per heavy atom. The molecule has 1 aromatic heterocycles. The zero-order valence-corrected chi connectivity index (χ0v) is 9.89. The number of nitrogens with zero attached hydrogens (tertiary/aromatic N) is 1. The Morgan fingerprint density at radius 2 is 2.31 bits per heavy atom. The lowest BCUT2D eigenvalue weighted by atomic mass is 10.1. The minimum absolute atomic E-state index is 0.527. The fourth-order valence-corrected chi connectivity index (χ4v) is 2.90. The molecule has 1 atom stereocenters. The number of aromatic nitrogens is 1. The molecule has 16 heavy (non-hydrogen) atoms. The number of fused-ring (bicyclic) bond motifs is 1. The fraction of sp³-hybridized carbons (Fsp3) is 0.417. The van der Waals surface area contributed by atoms with Crippen molar-refractivity contribution in [2.24, 2.45) is 0 Å². The van der Waals surface area contributed by atoms with Crippen molar-refractivity contribution in [2.75, 3.05) is 18.4 Å². The molecule has 1 aromatic carbocycles. The van der Waals surface area contributed by atoms with Crippen LogP contribution in [-0.4, -0.2) is 23.5 Å². The summed E-state index contributed by atoms with van der Waals surface area (Å²) in [7, 11) is 0. The minimum atomic E-state index is 0.527. The number of hydrogen-bond donors (Lipinski definition) is 2. The summed E-state index contributed by atoms with van der Waals surface area (Å²) < 4.78 is 5.75. The van der Waals surface area contributed by atoms with E-state index < -0.39 is 0 Å². The first kappa shape index (κ1) is 10.1. The van der Waals surface area contributed by atoms with Gasteiger partial charge in [-0.2, -0.15) is 4.37 Å². The van der Waals surface area contributed by atoms with Crippen molar-refractivity contribution in [3.8, 4) is 0 Å². The molecule has 1 unspecified atom stereocenters. The average Bonchev–Trinajstić information content (AvgIpc) is 2.74. The van der Waals surface area contributed by atoms with E-state index in [1.165, 1.54) is 22.9 Å². The maximum atomic E-state index is 4.49. The van der Waals surface area contributed by atoms with E-state index in [-0.39, 0.29) is 0 Å². The summed E-state index contributed by atoms with van der Waals surface area (Å²) in [4.78, 5) is 0. The van der Waals surface area contributed by atoms with Crippen LogP contribution >= 0.6 is 11.5 Å². The van der Waals surface area contributed by atoms with Gasteiger partial charge in [0.05, 0.1) is 4.70 Å². The molecule has 0 bridgehead atoms. The smallest absolute Gasteiger partial charge is 0.147 e. The summed E-state index contributed by atoms with van der Waals surface area (Å²) in [5, 5.41) is 8.20. The predicted octanol–water partition coefficient (Wildman–Crippen LogP) is 2.46. The highest BCUT2D eigenvalue weighted by Gasteiger charge is 2.14. The lowest BCUT2D eigenvalue weighted by Gasteiger charge is -2.23. The maximum Gasteiger partial charge on any atom is 0.147 e. The molecule has 2 aromatic rings. The summed E-state index contributed by atoms with van der Waals surface area (Å²) in [6.07, 6.45) is 2.48. The number of benzene rings is 1. The Labute approximate surface area is 99.0 Å². The first-order chi connectivity index (χ1) is 7.93. The number of hydrogen-bond acceptors (Lipinski definition) is 4. The van der Waals surface area contributed by atoms with Crippen molar-refractivity contribution in [3.63, 3.8) is 0 Å². The van der Waals surface area contributed by atoms with Gasteiger partial charge in [0.2, 0.25) is 0 Å². The molecule has 0 radical (unpaired) electrons. The quantitative estimate of drug-likeness (QED) is 0.836. The highest BCUT2D eigenvalue weighted by molar-refractivity contribution is 7.13. The predicted molar refractivity (Wildman–Crippen MR) is 69.1 cm³/mol. The van der Waals surface area contributed by atoms with Gasteiger partial charge in [-0.25, -0.2) is 0 Å². The second-order valence-electron chi connectivity index (χ2n) is 4.21. The number of nitrogens with one attached hydrogen (secondary N) is 2. The van der Waals surface area contributed by atoms with Gasteiger partial charge < -0.3 is 10.6 Å². The summed E-state index contributed by atoms with van der Waals surface area (Å²) in [6, 6.07) is 8.92. The third-order valence-corrected chi connectivity index (χ3v) is 3.84. The van der Waals surface area contributed by atoms with Crippen LogP contribution in [0, 0.1) is 0 Å². The summed E-state index contributed by atoms with van der Waals surface area (Å²) in [5.41, 5.74) is 0. The molecular weight excluding hydrogens is 218 g/mol. The van der Waals surface area contributed by atoms with Crippen molar-refractivity contribution < 1.29 is 0 Å². The molecule has 2 N–H and O–H groups in total. The van der Waals surface area contributed by atoms with Crippen LogP contribution in [-0.2, 0) is 0 Å². The lowest BCUT2D eigenvalue weighted by Crippen LogP contribution is -2.38. The lowest BCUT2D eigenvalue weighted by molar-refractivity contribution is 0.479. The van der Waals surface area contributed by atoms with Gasteiger partial charge in [-0.1, -0.05) is 12.1 Å². The largest absolute Gasteiger partial charge is 0.365 e. The van der Waals surface area contributed by atoms with Gasteiger partial charge in [-0.05, 0) is 43.1 Å². The molecule has 0 saturated carbocycles. The molecule has 4 heteroatoms. The van der Waals surface area contributed by atoms with Gasteiger partial charge in [0.15, 0.2) is 0 Å². The van der Waals surface area contributed by atoms with Gasteiger partial charge >= 0.3 is 0 Å². The standard InChI is InChI=1S/C12H15N3S/c1-2-6-11-10(5-1)12(15-16-11)14-9-4-3-7-13-8-9/h1-2,5-6,9,13H,3-4,7-8H2,(H,14,15). The monoisotopic (exact) mass is 233 g/mol. The summed E-state index contributed by atoms with van der Waals surface area (Å²) >= 11 is 1.57. The van der Waals surface area contributed by atoms with Gasteiger partial charge in [-0.15, -0.1) is 0 Å². The molecule has 0 aliphatic carbocycles. The van der Waals surface area contributed by atoms with E-state index in [0.29, 0.717) is 6.04 Å². The van der Waals surface area contributed by atoms with Crippen LogP contribution in [0.4, 0.5) is 5.82 Å². The molecule has 1 saturated heterocycles. The molecular formula is C12H15N3S. The van der Waals surface area contributed by atoms with E-state index in [1.54, 1.807) is 11.5 Å². The fourth-order valence-electron chi connectivity index (χ4n) is 2.16. The highest BCUT2D eigenvalue weighted by Crippen LogP contribution is 2.27. The maximum absolute atomic E-state index is 4.49. The Morgan fingerprint density at radius 3 is 3.19 bits per heavy atom. The first-order valence-electron chi connectivity index (χ1n) is 5.75. The summed E-state index contributed by atoms with van der Waals surface area (Å²) in [5.74, 6) is 1.05. The second-order valence-corrected chi connectivity index (χ2v) is 5.02. The molecule has 84 valence electrons. The van der Waals surface area contributed by atoms with Crippen LogP contribution < -0.4 is 10.6 Å².